The normalized spacial score (nSPS) is 21.5. The Morgan fingerprint density at radius 1 is 1.11 bits per heavy atom. The molecule has 0 bridgehead atoms. The van der Waals surface area contributed by atoms with E-state index in [4.69, 9.17) is 4.74 Å². The second-order valence-electron chi connectivity index (χ2n) is 6.24. The van der Waals surface area contributed by atoms with Crippen molar-refractivity contribution in [3.05, 3.63) is 65.5 Å². The maximum absolute atomic E-state index is 13.2. The number of benzene rings is 2. The highest BCUT2D eigenvalue weighted by Gasteiger charge is 2.70. The molecule has 0 N–H and O–H groups in total. The van der Waals surface area contributed by atoms with Gasteiger partial charge in [-0.05, 0) is 50.2 Å². The van der Waals surface area contributed by atoms with Crippen LogP contribution in [0.15, 0.2) is 53.4 Å². The molecule has 1 aliphatic rings. The van der Waals surface area contributed by atoms with Crippen LogP contribution in [0.2, 0.25) is 0 Å². The van der Waals surface area contributed by atoms with Crippen molar-refractivity contribution >= 4 is 21.8 Å². The number of hydrogen-bond donors (Lipinski definition) is 0. The van der Waals surface area contributed by atoms with E-state index in [-0.39, 0.29) is 23.6 Å². The predicted molar refractivity (Wildman–Crippen MR) is 95.2 cm³/mol. The summed E-state index contributed by atoms with van der Waals surface area (Å²) in [5.74, 6) is -2.22. The predicted octanol–water partition coefficient (Wildman–Crippen LogP) is 2.32. The van der Waals surface area contributed by atoms with E-state index in [1.54, 1.807) is 19.1 Å². The third kappa shape index (κ3) is 3.26. The zero-order valence-corrected chi connectivity index (χ0v) is 15.6. The molecule has 2 unspecified atom stereocenters. The Labute approximate surface area is 156 Å². The van der Waals surface area contributed by atoms with Gasteiger partial charge in [0.15, 0.2) is 5.78 Å². The molecule has 1 fully saturated rings. The van der Waals surface area contributed by atoms with Crippen LogP contribution in [0.25, 0.3) is 0 Å². The van der Waals surface area contributed by atoms with E-state index in [9.17, 15) is 22.4 Å². The summed E-state index contributed by atoms with van der Waals surface area (Å²) >= 11 is 0. The van der Waals surface area contributed by atoms with Crippen molar-refractivity contribution in [2.75, 3.05) is 13.2 Å². The summed E-state index contributed by atoms with van der Waals surface area (Å²) in [6.45, 7) is 3.05. The number of hydrogen-bond acceptors (Lipinski definition) is 5. The van der Waals surface area contributed by atoms with Gasteiger partial charge in [-0.15, -0.1) is 0 Å². The maximum Gasteiger partial charge on any atom is 0.337 e. The van der Waals surface area contributed by atoms with Gasteiger partial charge in [-0.25, -0.2) is 17.6 Å². The zero-order chi connectivity index (χ0) is 19.8. The lowest BCUT2D eigenvalue weighted by Gasteiger charge is -2.16. The number of esters is 1. The van der Waals surface area contributed by atoms with Crippen LogP contribution >= 0.6 is 0 Å². The Kier molecular flexibility index (Phi) is 4.88. The van der Waals surface area contributed by atoms with Gasteiger partial charge in [0.25, 0.3) is 0 Å². The first-order chi connectivity index (χ1) is 12.7. The summed E-state index contributed by atoms with van der Waals surface area (Å²) in [6, 6.07) is 10.7. The lowest BCUT2D eigenvalue weighted by Crippen LogP contribution is -2.41. The molecule has 27 heavy (non-hydrogen) atoms. The minimum Gasteiger partial charge on any atom is -0.464 e. The van der Waals surface area contributed by atoms with Crippen LogP contribution in [0.4, 0.5) is 4.39 Å². The van der Waals surface area contributed by atoms with Crippen molar-refractivity contribution in [3.63, 3.8) is 0 Å². The highest BCUT2D eigenvalue weighted by Crippen LogP contribution is 2.42. The Hall–Kier alpha value is -2.58. The van der Waals surface area contributed by atoms with E-state index in [1.807, 2.05) is 6.92 Å². The molecule has 1 saturated heterocycles. The highest BCUT2D eigenvalue weighted by atomic mass is 32.2. The Morgan fingerprint density at radius 3 is 2.26 bits per heavy atom. The number of halogens is 1. The van der Waals surface area contributed by atoms with E-state index in [1.165, 1.54) is 24.3 Å². The number of sulfonamides is 1. The van der Waals surface area contributed by atoms with Crippen LogP contribution in [0.3, 0.4) is 0 Å². The third-order valence-corrected chi connectivity index (χ3v) is 6.29. The molecular formula is C19H18FNO5S. The molecule has 0 radical (unpaired) electrons. The summed E-state index contributed by atoms with van der Waals surface area (Å²) < 4.78 is 44.8. The molecule has 3 rings (SSSR count). The number of ether oxygens (including phenoxy) is 1. The average molecular weight is 391 g/mol. The molecule has 2 atom stereocenters. The van der Waals surface area contributed by atoms with Gasteiger partial charge in [0, 0.05) is 5.56 Å². The van der Waals surface area contributed by atoms with Gasteiger partial charge in [-0.2, -0.15) is 4.31 Å². The van der Waals surface area contributed by atoms with Gasteiger partial charge in [0.1, 0.15) is 5.82 Å². The van der Waals surface area contributed by atoms with Crippen molar-refractivity contribution in [2.24, 2.45) is 0 Å². The molecular weight excluding hydrogens is 373 g/mol. The number of ketones is 1. The van der Waals surface area contributed by atoms with Crippen molar-refractivity contribution in [3.8, 4) is 0 Å². The number of carbonyl (C=O) groups excluding carboxylic acids is 2. The molecule has 2 aromatic carbocycles. The minimum atomic E-state index is -4.08. The fraction of sp³-hybridized carbons (Fsp3) is 0.263. The Bertz CT molecular complexity index is 986. The van der Waals surface area contributed by atoms with Crippen molar-refractivity contribution in [2.45, 2.75) is 24.3 Å². The van der Waals surface area contributed by atoms with Gasteiger partial charge in [-0.3, -0.25) is 4.79 Å². The minimum absolute atomic E-state index is 0.00427. The summed E-state index contributed by atoms with van der Waals surface area (Å²) in [4.78, 5) is 25.5. The van der Waals surface area contributed by atoms with E-state index in [0.29, 0.717) is 0 Å². The molecule has 0 aliphatic carbocycles. The molecule has 8 heteroatoms. The molecule has 6 nitrogen and oxygen atoms in total. The lowest BCUT2D eigenvalue weighted by atomic mass is 9.97. The largest absolute Gasteiger partial charge is 0.464 e. The molecule has 1 heterocycles. The van der Waals surface area contributed by atoms with Gasteiger partial charge in [0.05, 0.1) is 18.0 Å². The van der Waals surface area contributed by atoms with Gasteiger partial charge in [-0.1, -0.05) is 17.7 Å². The topological polar surface area (TPSA) is 80.5 Å². The molecule has 1 aliphatic heterocycles. The van der Waals surface area contributed by atoms with Crippen LogP contribution in [0.5, 0.6) is 0 Å². The Balaban J connectivity index is 2.01. The number of nitrogens with zero attached hydrogens (tertiary/aromatic N) is 1. The first kappa shape index (κ1) is 19.2. The van der Waals surface area contributed by atoms with Crippen LogP contribution in [-0.2, 0) is 19.6 Å². The van der Waals surface area contributed by atoms with Crippen LogP contribution in [-0.4, -0.2) is 43.2 Å². The molecule has 0 saturated carbocycles. The zero-order valence-electron chi connectivity index (χ0n) is 14.8. The quantitative estimate of drug-likeness (QED) is 0.327. The van der Waals surface area contributed by atoms with Gasteiger partial charge < -0.3 is 4.74 Å². The van der Waals surface area contributed by atoms with E-state index in [2.05, 4.69) is 0 Å². The lowest BCUT2D eigenvalue weighted by molar-refractivity contribution is -0.145. The average Bonchev–Trinajstić information content (AvgIpc) is 3.40. The summed E-state index contributed by atoms with van der Waals surface area (Å²) in [6.07, 6.45) is 0. The summed E-state index contributed by atoms with van der Waals surface area (Å²) in [5, 5.41) is 0. The van der Waals surface area contributed by atoms with Crippen LogP contribution < -0.4 is 0 Å². The van der Waals surface area contributed by atoms with Crippen molar-refractivity contribution < 1.29 is 27.1 Å². The third-order valence-electron chi connectivity index (χ3n) is 4.40. The van der Waals surface area contributed by atoms with Crippen LogP contribution in [0, 0.1) is 12.7 Å². The van der Waals surface area contributed by atoms with E-state index in [0.717, 1.165) is 22.0 Å². The highest BCUT2D eigenvalue weighted by molar-refractivity contribution is 7.89. The summed E-state index contributed by atoms with van der Waals surface area (Å²) in [7, 11) is -4.08. The van der Waals surface area contributed by atoms with Gasteiger partial charge in [0.2, 0.25) is 15.6 Å². The van der Waals surface area contributed by atoms with Crippen LogP contribution in [0.1, 0.15) is 22.8 Å². The first-order valence-electron chi connectivity index (χ1n) is 8.30. The number of rotatable bonds is 6. The molecule has 0 amide bonds. The maximum atomic E-state index is 13.2. The second kappa shape index (κ2) is 6.86. The number of aryl methyl sites for hydroxylation is 1. The fourth-order valence-corrected chi connectivity index (χ4v) is 4.49. The van der Waals surface area contributed by atoms with Gasteiger partial charge >= 0.3 is 5.97 Å². The van der Waals surface area contributed by atoms with E-state index < -0.39 is 33.1 Å². The molecule has 2 aromatic rings. The smallest absolute Gasteiger partial charge is 0.337 e. The first-order valence-corrected chi connectivity index (χ1v) is 9.74. The molecule has 0 spiro atoms. The standard InChI is InChI=1S/C19H18FNO5S/c1-3-26-18(23)19(17(22)14-6-8-15(20)9-7-14)12-21(19)27(24,25)16-10-4-13(2)5-11-16/h4-11H,3,12H2,1-2H3. The SMILES string of the molecule is CCOC(=O)C1(C(=O)c2ccc(F)cc2)CN1S(=O)(=O)c1ccc(C)cc1. The molecule has 142 valence electrons. The number of carbonyl (C=O) groups is 2. The number of Topliss-reactive ketones (excluding diaryl/α,β-unsaturated/α-hetero) is 1. The molecule has 0 aromatic heterocycles. The van der Waals surface area contributed by atoms with Crippen molar-refractivity contribution in [1.29, 1.82) is 0 Å². The second-order valence-corrected chi connectivity index (χ2v) is 8.10. The van der Waals surface area contributed by atoms with Crippen molar-refractivity contribution in [1.82, 2.24) is 4.31 Å². The monoisotopic (exact) mass is 391 g/mol. The Morgan fingerprint density at radius 2 is 1.70 bits per heavy atom. The van der Waals surface area contributed by atoms with E-state index >= 15 is 0 Å². The summed E-state index contributed by atoms with van der Waals surface area (Å²) in [5.41, 5.74) is -1.05. The fourth-order valence-electron chi connectivity index (χ4n) is 2.83.